The number of nitrogens with zero attached hydrogens (tertiary/aromatic N) is 3. The summed E-state index contributed by atoms with van der Waals surface area (Å²) in [5, 5.41) is 4.02. The number of carbonyl (C=O) groups excluding carboxylic acids is 1. The maximum absolute atomic E-state index is 13.4. The minimum absolute atomic E-state index is 0.00772. The van der Waals surface area contributed by atoms with Crippen molar-refractivity contribution < 1.29 is 9.32 Å². The van der Waals surface area contributed by atoms with Crippen LogP contribution in [0.3, 0.4) is 0 Å². The van der Waals surface area contributed by atoms with E-state index in [9.17, 15) is 4.79 Å². The van der Waals surface area contributed by atoms with Gasteiger partial charge < -0.3 is 14.3 Å². The molecule has 1 aromatic heterocycles. The quantitative estimate of drug-likeness (QED) is 0.742. The minimum Gasteiger partial charge on any atom is -0.361 e. The molecule has 30 heavy (non-hydrogen) atoms. The first-order valence-corrected chi connectivity index (χ1v) is 11.6. The van der Waals surface area contributed by atoms with Crippen molar-refractivity contribution in [2.75, 3.05) is 26.2 Å². The lowest BCUT2D eigenvalue weighted by Gasteiger charge is -2.32. The van der Waals surface area contributed by atoms with Gasteiger partial charge in [-0.05, 0) is 49.7 Å². The summed E-state index contributed by atoms with van der Waals surface area (Å²) in [7, 11) is 0. The Morgan fingerprint density at radius 3 is 2.63 bits per heavy atom. The van der Waals surface area contributed by atoms with Crippen LogP contribution in [0.15, 0.2) is 34.9 Å². The average Bonchev–Trinajstić information content (AvgIpc) is 3.43. The van der Waals surface area contributed by atoms with Crippen LogP contribution in [-0.4, -0.2) is 47.0 Å². The van der Waals surface area contributed by atoms with Crippen molar-refractivity contribution in [1.82, 2.24) is 15.0 Å². The Hall–Kier alpha value is -2.14. The van der Waals surface area contributed by atoms with E-state index in [-0.39, 0.29) is 11.9 Å². The fourth-order valence-electron chi connectivity index (χ4n) is 6.16. The first-order valence-electron chi connectivity index (χ1n) is 11.6. The van der Waals surface area contributed by atoms with Crippen molar-refractivity contribution >= 4 is 5.91 Å². The van der Waals surface area contributed by atoms with Crippen LogP contribution in [0.1, 0.15) is 65.5 Å². The molecule has 3 aliphatic rings. The van der Waals surface area contributed by atoms with Crippen LogP contribution >= 0.6 is 0 Å². The molecule has 0 spiro atoms. The molecule has 1 amide bonds. The number of aryl methyl sites for hydroxylation is 2. The third kappa shape index (κ3) is 3.68. The van der Waals surface area contributed by atoms with Crippen molar-refractivity contribution in [3.05, 3.63) is 52.9 Å². The Morgan fingerprint density at radius 1 is 1.10 bits per heavy atom. The van der Waals surface area contributed by atoms with Gasteiger partial charge in [-0.25, -0.2) is 0 Å². The van der Waals surface area contributed by atoms with Gasteiger partial charge in [-0.1, -0.05) is 48.7 Å². The van der Waals surface area contributed by atoms with E-state index < -0.39 is 0 Å². The molecule has 5 nitrogen and oxygen atoms in total. The SMILES string of the molecule is Cc1cc(C(=O)N2C[C@@H]3CN(CC4CCCCC4)C[C@@H]3[C@H]2c2ccccc2C)no1. The number of hydrogen-bond acceptors (Lipinski definition) is 4. The van der Waals surface area contributed by atoms with Crippen molar-refractivity contribution in [3.63, 3.8) is 0 Å². The number of benzene rings is 1. The van der Waals surface area contributed by atoms with E-state index in [4.69, 9.17) is 4.52 Å². The zero-order chi connectivity index (χ0) is 20.7. The van der Waals surface area contributed by atoms with Crippen LogP contribution in [0, 0.1) is 31.6 Å². The van der Waals surface area contributed by atoms with E-state index in [1.807, 2.05) is 6.92 Å². The second-order valence-electron chi connectivity index (χ2n) is 9.73. The van der Waals surface area contributed by atoms with Crippen molar-refractivity contribution in [2.24, 2.45) is 17.8 Å². The van der Waals surface area contributed by atoms with Crippen molar-refractivity contribution in [1.29, 1.82) is 0 Å². The highest BCUT2D eigenvalue weighted by molar-refractivity contribution is 5.93. The summed E-state index contributed by atoms with van der Waals surface area (Å²) in [6, 6.07) is 10.5. The fraction of sp³-hybridized carbons (Fsp3) is 0.600. The molecule has 0 unspecified atom stereocenters. The van der Waals surface area contributed by atoms with E-state index >= 15 is 0 Å². The summed E-state index contributed by atoms with van der Waals surface area (Å²) < 4.78 is 5.20. The minimum atomic E-state index is 0.00772. The van der Waals surface area contributed by atoms with Crippen LogP contribution in [0.5, 0.6) is 0 Å². The first kappa shape index (κ1) is 19.8. The Balaban J connectivity index is 1.39. The zero-order valence-corrected chi connectivity index (χ0v) is 18.2. The molecule has 3 fully saturated rings. The first-order chi connectivity index (χ1) is 14.6. The molecule has 1 aliphatic carbocycles. The lowest BCUT2D eigenvalue weighted by atomic mass is 9.87. The number of rotatable bonds is 4. The maximum Gasteiger partial charge on any atom is 0.276 e. The molecule has 3 atom stereocenters. The molecule has 3 heterocycles. The van der Waals surface area contributed by atoms with Crippen LogP contribution in [0.2, 0.25) is 0 Å². The Morgan fingerprint density at radius 2 is 1.90 bits per heavy atom. The monoisotopic (exact) mass is 407 g/mol. The normalized spacial score (nSPS) is 27.5. The van der Waals surface area contributed by atoms with Gasteiger partial charge in [0.25, 0.3) is 5.91 Å². The van der Waals surface area contributed by atoms with Crippen LogP contribution in [-0.2, 0) is 0 Å². The molecular formula is C25H33N3O2. The van der Waals surface area contributed by atoms with Crippen molar-refractivity contribution in [3.8, 4) is 0 Å². The van der Waals surface area contributed by atoms with Crippen LogP contribution in [0.4, 0.5) is 0 Å². The smallest absolute Gasteiger partial charge is 0.276 e. The van der Waals surface area contributed by atoms with Crippen LogP contribution < -0.4 is 0 Å². The van der Waals surface area contributed by atoms with Gasteiger partial charge in [0, 0.05) is 38.2 Å². The second-order valence-corrected chi connectivity index (χ2v) is 9.73. The summed E-state index contributed by atoms with van der Waals surface area (Å²) in [5.74, 6) is 2.59. The molecule has 5 heteroatoms. The summed E-state index contributed by atoms with van der Waals surface area (Å²) in [6.45, 7) is 8.28. The number of hydrogen-bond donors (Lipinski definition) is 0. The molecule has 160 valence electrons. The summed E-state index contributed by atoms with van der Waals surface area (Å²) in [4.78, 5) is 18.1. The highest BCUT2D eigenvalue weighted by Gasteiger charge is 2.50. The predicted molar refractivity (Wildman–Crippen MR) is 116 cm³/mol. The summed E-state index contributed by atoms with van der Waals surface area (Å²) in [5.41, 5.74) is 2.99. The highest BCUT2D eigenvalue weighted by atomic mass is 16.5. The van der Waals surface area contributed by atoms with E-state index in [1.54, 1.807) is 6.07 Å². The van der Waals surface area contributed by atoms with Gasteiger partial charge >= 0.3 is 0 Å². The largest absolute Gasteiger partial charge is 0.361 e. The van der Waals surface area contributed by atoms with E-state index in [0.29, 0.717) is 23.3 Å². The fourth-order valence-corrected chi connectivity index (χ4v) is 6.16. The summed E-state index contributed by atoms with van der Waals surface area (Å²) in [6.07, 6.45) is 7.00. The number of fused-ring (bicyclic) bond motifs is 1. The van der Waals surface area contributed by atoms with E-state index in [0.717, 1.165) is 25.6 Å². The Kier molecular flexibility index (Phi) is 5.40. The van der Waals surface area contributed by atoms with Gasteiger partial charge in [0.05, 0.1) is 6.04 Å². The highest BCUT2D eigenvalue weighted by Crippen LogP contribution is 2.46. The van der Waals surface area contributed by atoms with Gasteiger partial charge in [0.2, 0.25) is 0 Å². The lowest BCUT2D eigenvalue weighted by Crippen LogP contribution is -2.37. The van der Waals surface area contributed by atoms with Gasteiger partial charge in [-0.15, -0.1) is 0 Å². The molecule has 2 saturated heterocycles. The molecule has 5 rings (SSSR count). The van der Waals surface area contributed by atoms with Gasteiger partial charge in [-0.3, -0.25) is 4.79 Å². The number of amides is 1. The Labute approximate surface area is 179 Å². The standard InChI is InChI=1S/C25H33N3O2/c1-17-8-6-7-11-21(17)24-22-16-27(13-19-9-4-3-5-10-19)14-20(22)15-28(24)25(29)23-12-18(2)30-26-23/h6-8,11-12,19-20,22,24H,3-5,9-10,13-16H2,1-2H3/t20-,22-,24+/m0/s1. The Bertz CT molecular complexity index is 901. The third-order valence-electron chi connectivity index (χ3n) is 7.60. The number of aromatic nitrogens is 1. The maximum atomic E-state index is 13.4. The molecule has 0 N–H and O–H groups in total. The molecule has 2 aliphatic heterocycles. The molecule has 2 aromatic rings. The number of carbonyl (C=O) groups is 1. The van der Waals surface area contributed by atoms with Gasteiger partial charge in [-0.2, -0.15) is 0 Å². The average molecular weight is 408 g/mol. The van der Waals surface area contributed by atoms with Crippen LogP contribution in [0.25, 0.3) is 0 Å². The lowest BCUT2D eigenvalue weighted by molar-refractivity contribution is 0.0686. The topological polar surface area (TPSA) is 49.6 Å². The molecule has 1 aromatic carbocycles. The van der Waals surface area contributed by atoms with Gasteiger partial charge in [0.15, 0.2) is 5.69 Å². The third-order valence-corrected chi connectivity index (χ3v) is 7.60. The molecular weight excluding hydrogens is 374 g/mol. The van der Waals surface area contributed by atoms with Crippen molar-refractivity contribution in [2.45, 2.75) is 52.0 Å². The number of likely N-dealkylation sites (tertiary alicyclic amines) is 2. The van der Waals surface area contributed by atoms with Gasteiger partial charge in [0.1, 0.15) is 5.76 Å². The van der Waals surface area contributed by atoms with E-state index in [1.165, 1.54) is 49.8 Å². The summed E-state index contributed by atoms with van der Waals surface area (Å²) >= 11 is 0. The second kappa shape index (κ2) is 8.18. The van der Waals surface area contributed by atoms with E-state index in [2.05, 4.69) is 46.1 Å². The predicted octanol–water partition coefficient (Wildman–Crippen LogP) is 4.62. The molecule has 0 bridgehead atoms. The zero-order valence-electron chi connectivity index (χ0n) is 18.2. The molecule has 1 saturated carbocycles. The molecule has 0 radical (unpaired) electrons.